The molecule has 0 saturated carbocycles. The van der Waals surface area contributed by atoms with Gasteiger partial charge in [-0.2, -0.15) is 0 Å². The number of pyridine rings is 1. The van der Waals surface area contributed by atoms with Gasteiger partial charge in [-0.15, -0.1) is 0 Å². The molecular weight excluding hydrogens is 474 g/mol. The van der Waals surface area contributed by atoms with E-state index in [1.165, 1.54) is 22.6 Å². The Balaban J connectivity index is 1.64. The predicted molar refractivity (Wildman–Crippen MR) is 149 cm³/mol. The summed E-state index contributed by atoms with van der Waals surface area (Å²) in [5, 5.41) is 4.92. The second kappa shape index (κ2) is 9.36. The molecule has 0 radical (unpaired) electrons. The second-order valence-corrected chi connectivity index (χ2v) is 9.87. The van der Waals surface area contributed by atoms with Gasteiger partial charge in [-0.3, -0.25) is 4.98 Å². The Hall–Kier alpha value is -3.35. The normalized spacial score (nSPS) is 17.5. The molecule has 3 heterocycles. The van der Waals surface area contributed by atoms with Crippen LogP contribution in [0, 0.1) is 13.8 Å². The van der Waals surface area contributed by atoms with Gasteiger partial charge in [0, 0.05) is 53.8 Å². The molecule has 7 heteroatoms. The molecule has 178 valence electrons. The van der Waals surface area contributed by atoms with Crippen LogP contribution in [0.1, 0.15) is 34.7 Å². The zero-order valence-electron chi connectivity index (χ0n) is 20.2. The van der Waals surface area contributed by atoms with E-state index in [-0.39, 0.29) is 12.1 Å². The van der Waals surface area contributed by atoms with Crippen molar-refractivity contribution in [3.05, 3.63) is 107 Å². The number of nitrogens with one attached hydrogen (secondary N) is 1. The quantitative estimate of drug-likeness (QED) is 0.321. The topological polar surface area (TPSA) is 36.3 Å². The van der Waals surface area contributed by atoms with Gasteiger partial charge in [-0.25, -0.2) is 0 Å². The fourth-order valence-corrected chi connectivity index (χ4v) is 5.41. The third-order valence-electron chi connectivity index (χ3n) is 6.62. The van der Waals surface area contributed by atoms with Gasteiger partial charge >= 0.3 is 0 Å². The fourth-order valence-electron chi connectivity index (χ4n) is 4.93. The first kappa shape index (κ1) is 23.4. The number of aromatic nitrogens is 2. The Morgan fingerprint density at radius 2 is 1.63 bits per heavy atom. The summed E-state index contributed by atoms with van der Waals surface area (Å²) in [7, 11) is 4.11. The molecule has 35 heavy (non-hydrogen) atoms. The van der Waals surface area contributed by atoms with Crippen LogP contribution in [0.15, 0.2) is 79.0 Å². The molecule has 1 aliphatic heterocycles. The summed E-state index contributed by atoms with van der Waals surface area (Å²) in [4.78, 5) is 8.97. The molecule has 2 aromatic heterocycles. The number of thiocarbonyl (C=S) groups is 1. The molecule has 1 fully saturated rings. The van der Waals surface area contributed by atoms with Crippen molar-refractivity contribution in [3.8, 4) is 5.69 Å². The highest BCUT2D eigenvalue weighted by Gasteiger charge is 2.42. The van der Waals surface area contributed by atoms with Crippen LogP contribution in [0.25, 0.3) is 5.69 Å². The van der Waals surface area contributed by atoms with Crippen LogP contribution in [-0.4, -0.2) is 28.8 Å². The first-order chi connectivity index (χ1) is 16.8. The van der Waals surface area contributed by atoms with Crippen molar-refractivity contribution in [2.75, 3.05) is 23.9 Å². The van der Waals surface area contributed by atoms with Crippen molar-refractivity contribution in [2.24, 2.45) is 0 Å². The van der Waals surface area contributed by atoms with E-state index >= 15 is 0 Å². The lowest BCUT2D eigenvalue weighted by molar-refractivity contribution is 0.565. The summed E-state index contributed by atoms with van der Waals surface area (Å²) < 4.78 is 2.31. The molecule has 5 rings (SSSR count). The average molecular weight is 502 g/mol. The highest BCUT2D eigenvalue weighted by Crippen LogP contribution is 2.43. The maximum atomic E-state index is 6.20. The van der Waals surface area contributed by atoms with Crippen molar-refractivity contribution in [1.29, 1.82) is 0 Å². The molecule has 1 aliphatic rings. The number of nitrogens with zero attached hydrogens (tertiary/aromatic N) is 4. The van der Waals surface area contributed by atoms with Crippen molar-refractivity contribution in [2.45, 2.75) is 25.9 Å². The second-order valence-electron chi connectivity index (χ2n) is 9.05. The smallest absolute Gasteiger partial charge is 0.174 e. The van der Waals surface area contributed by atoms with Gasteiger partial charge in [0.25, 0.3) is 0 Å². The molecule has 4 aromatic rings. The van der Waals surface area contributed by atoms with Crippen molar-refractivity contribution in [3.63, 3.8) is 0 Å². The van der Waals surface area contributed by atoms with E-state index in [0.29, 0.717) is 10.1 Å². The Labute approximate surface area is 217 Å². The first-order valence-electron chi connectivity index (χ1n) is 11.6. The molecule has 0 aliphatic carbocycles. The van der Waals surface area contributed by atoms with Crippen LogP contribution in [0.3, 0.4) is 0 Å². The van der Waals surface area contributed by atoms with E-state index in [1.54, 1.807) is 0 Å². The van der Waals surface area contributed by atoms with E-state index in [1.807, 2.05) is 42.6 Å². The van der Waals surface area contributed by atoms with Gasteiger partial charge < -0.3 is 19.7 Å². The number of aryl methyl sites for hydroxylation is 1. The molecule has 0 unspecified atom stereocenters. The van der Waals surface area contributed by atoms with Crippen molar-refractivity contribution in [1.82, 2.24) is 14.9 Å². The zero-order chi connectivity index (χ0) is 24.7. The van der Waals surface area contributed by atoms with Gasteiger partial charge in [-0.05, 0) is 98.4 Å². The number of halogens is 1. The van der Waals surface area contributed by atoms with E-state index in [9.17, 15) is 0 Å². The number of rotatable bonds is 5. The third-order valence-corrected chi connectivity index (χ3v) is 7.18. The Morgan fingerprint density at radius 3 is 2.26 bits per heavy atom. The lowest BCUT2D eigenvalue weighted by Gasteiger charge is -2.28. The molecule has 1 N–H and O–H groups in total. The number of benzene rings is 2. The highest BCUT2D eigenvalue weighted by molar-refractivity contribution is 7.80. The van der Waals surface area contributed by atoms with Crippen LogP contribution >= 0.6 is 23.8 Å². The van der Waals surface area contributed by atoms with Gasteiger partial charge in [-0.1, -0.05) is 17.7 Å². The van der Waals surface area contributed by atoms with E-state index < -0.39 is 0 Å². The molecule has 0 bridgehead atoms. The third kappa shape index (κ3) is 4.28. The average Bonchev–Trinajstić information content (AvgIpc) is 3.35. The van der Waals surface area contributed by atoms with Crippen LogP contribution in [0.5, 0.6) is 0 Å². The minimum absolute atomic E-state index is 0.0698. The first-order valence-corrected chi connectivity index (χ1v) is 12.4. The van der Waals surface area contributed by atoms with Gasteiger partial charge in [0.05, 0.1) is 17.8 Å². The summed E-state index contributed by atoms with van der Waals surface area (Å²) in [5.41, 5.74) is 7.81. The van der Waals surface area contributed by atoms with E-state index in [2.05, 4.69) is 89.0 Å². The molecule has 2 aromatic carbocycles. The molecule has 1 saturated heterocycles. The molecule has 0 spiro atoms. The summed E-state index contributed by atoms with van der Waals surface area (Å²) >= 11 is 12.1. The van der Waals surface area contributed by atoms with Crippen molar-refractivity contribution < 1.29 is 0 Å². The lowest BCUT2D eigenvalue weighted by Crippen LogP contribution is -2.29. The minimum Gasteiger partial charge on any atom is -0.378 e. The largest absolute Gasteiger partial charge is 0.378 e. The predicted octanol–water partition coefficient (Wildman–Crippen LogP) is 6.39. The van der Waals surface area contributed by atoms with Crippen LogP contribution < -0.4 is 15.1 Å². The van der Waals surface area contributed by atoms with Crippen LogP contribution in [-0.2, 0) is 0 Å². The number of hydrogen-bond donors (Lipinski definition) is 1. The molecule has 5 nitrogen and oxygen atoms in total. The van der Waals surface area contributed by atoms with Gasteiger partial charge in [0.1, 0.15) is 0 Å². The number of hydrogen-bond acceptors (Lipinski definition) is 3. The summed E-state index contributed by atoms with van der Waals surface area (Å²) in [6.07, 6.45) is 1.83. The lowest BCUT2D eigenvalue weighted by atomic mass is 9.96. The standard InChI is InChI=1S/C28H28ClN5S/c1-18-17-24(19(2)33(18)22-14-12-21(13-15-22)32(3)4)27-26(25-7-5-6-16-30-25)31-28(35)34(27)23-10-8-20(29)9-11-23/h5-17,26-27H,1-4H3,(H,31,35)/t26-,27-/m0/s1. The Morgan fingerprint density at radius 1 is 0.943 bits per heavy atom. The van der Waals surface area contributed by atoms with Crippen LogP contribution in [0.2, 0.25) is 5.02 Å². The maximum Gasteiger partial charge on any atom is 0.174 e. The SMILES string of the molecule is Cc1cc([C@H]2[C@H](c3ccccn3)NC(=S)N2c2ccc(Cl)cc2)c(C)n1-c1ccc(N(C)C)cc1. The van der Waals surface area contributed by atoms with E-state index in [0.717, 1.165) is 17.1 Å². The molecule has 0 amide bonds. The summed E-state index contributed by atoms with van der Waals surface area (Å²) in [6.45, 7) is 4.33. The Kier molecular flexibility index (Phi) is 6.26. The van der Waals surface area contributed by atoms with E-state index in [4.69, 9.17) is 23.8 Å². The van der Waals surface area contributed by atoms with Gasteiger partial charge in [0.15, 0.2) is 5.11 Å². The van der Waals surface area contributed by atoms with Crippen LogP contribution in [0.4, 0.5) is 11.4 Å². The summed E-state index contributed by atoms with van der Waals surface area (Å²) in [6, 6.07) is 24.6. The zero-order valence-corrected chi connectivity index (χ0v) is 21.8. The summed E-state index contributed by atoms with van der Waals surface area (Å²) in [5.74, 6) is 0. The fraction of sp³-hybridized carbons (Fsp3) is 0.214. The Bertz CT molecular complexity index is 1350. The number of anilines is 2. The van der Waals surface area contributed by atoms with Gasteiger partial charge in [0.2, 0.25) is 0 Å². The monoisotopic (exact) mass is 501 g/mol. The minimum atomic E-state index is -0.0931. The molecule has 2 atom stereocenters. The van der Waals surface area contributed by atoms with Crippen molar-refractivity contribution >= 4 is 40.3 Å². The molecular formula is C28H28ClN5S. The highest BCUT2D eigenvalue weighted by atomic mass is 35.5. The maximum absolute atomic E-state index is 6.20.